The zero-order chi connectivity index (χ0) is 22.4. The Hall–Kier alpha value is -3.08. The molecule has 0 radical (unpaired) electrons. The van der Waals surface area contributed by atoms with Gasteiger partial charge in [-0.3, -0.25) is 0 Å². The van der Waals surface area contributed by atoms with Crippen LogP contribution in [0.2, 0.25) is 0 Å². The van der Waals surface area contributed by atoms with E-state index in [2.05, 4.69) is 37.9 Å². The second-order valence-electron chi connectivity index (χ2n) is 6.50. The average Bonchev–Trinajstić information content (AvgIpc) is 2.77. The van der Waals surface area contributed by atoms with E-state index in [1.54, 1.807) is 31.4 Å². The van der Waals surface area contributed by atoms with E-state index in [0.717, 1.165) is 21.2 Å². The first kappa shape index (κ1) is 22.6. The van der Waals surface area contributed by atoms with Gasteiger partial charge in [0.05, 0.1) is 28.8 Å². The number of carboxylic acid groups (broad SMARTS) is 1. The Morgan fingerprint density at radius 2 is 1.71 bits per heavy atom. The van der Waals surface area contributed by atoms with Gasteiger partial charge in [-0.2, -0.15) is 5.26 Å². The van der Waals surface area contributed by atoms with Crippen LogP contribution in [0.4, 0.5) is 0 Å². The maximum Gasteiger partial charge on any atom is 0.335 e. The Balaban J connectivity index is 1.84. The molecule has 1 N–H and O–H groups in total. The number of halogens is 2. The smallest absolute Gasteiger partial charge is 0.335 e. The number of allylic oxidation sites excluding steroid dienone is 1. The first-order chi connectivity index (χ1) is 14.9. The van der Waals surface area contributed by atoms with E-state index in [4.69, 9.17) is 14.6 Å². The van der Waals surface area contributed by atoms with Crippen LogP contribution in [0.25, 0.3) is 11.6 Å². The number of rotatable bonds is 7. The molecule has 0 aromatic heterocycles. The molecular formula is C24H17Br2NO4. The molecule has 0 unspecified atom stereocenters. The van der Waals surface area contributed by atoms with Gasteiger partial charge in [-0.1, -0.05) is 40.2 Å². The zero-order valence-corrected chi connectivity index (χ0v) is 19.6. The summed E-state index contributed by atoms with van der Waals surface area (Å²) in [5.41, 5.74) is 3.16. The van der Waals surface area contributed by atoms with Gasteiger partial charge < -0.3 is 14.6 Å². The molecule has 0 fully saturated rings. The minimum absolute atomic E-state index is 0.220. The van der Waals surface area contributed by atoms with Gasteiger partial charge in [0.25, 0.3) is 0 Å². The quantitative estimate of drug-likeness (QED) is 0.270. The molecule has 31 heavy (non-hydrogen) atoms. The lowest BCUT2D eigenvalue weighted by atomic mass is 10.0. The lowest BCUT2D eigenvalue weighted by Gasteiger charge is -2.14. The van der Waals surface area contributed by atoms with Gasteiger partial charge >= 0.3 is 5.97 Å². The molecule has 0 aliphatic heterocycles. The monoisotopic (exact) mass is 541 g/mol. The third-order valence-corrected chi connectivity index (χ3v) is 5.54. The van der Waals surface area contributed by atoms with Gasteiger partial charge in [0.15, 0.2) is 11.5 Å². The van der Waals surface area contributed by atoms with Crippen LogP contribution in [0, 0.1) is 11.3 Å². The van der Waals surface area contributed by atoms with Crippen LogP contribution in [-0.2, 0) is 6.61 Å². The SMILES string of the molecule is COc1cc(/C=C(\C#N)c2ccc(Br)cc2)cc(Br)c1OCc1ccc(C(=O)O)cc1. The van der Waals surface area contributed by atoms with Crippen molar-refractivity contribution in [2.75, 3.05) is 7.11 Å². The third-order valence-electron chi connectivity index (χ3n) is 4.42. The molecule has 0 bridgehead atoms. The Labute approximate surface area is 196 Å². The molecule has 0 saturated carbocycles. The molecule has 0 heterocycles. The number of hydrogen-bond donors (Lipinski definition) is 1. The van der Waals surface area contributed by atoms with Crippen LogP contribution in [0.15, 0.2) is 69.6 Å². The van der Waals surface area contributed by atoms with E-state index in [0.29, 0.717) is 21.5 Å². The molecule has 0 atom stereocenters. The maximum atomic E-state index is 11.0. The Morgan fingerprint density at radius 1 is 1.06 bits per heavy atom. The zero-order valence-electron chi connectivity index (χ0n) is 16.4. The summed E-state index contributed by atoms with van der Waals surface area (Å²) < 4.78 is 13.0. The Morgan fingerprint density at radius 3 is 2.29 bits per heavy atom. The van der Waals surface area contributed by atoms with Crippen LogP contribution in [-0.4, -0.2) is 18.2 Å². The van der Waals surface area contributed by atoms with Crippen molar-refractivity contribution in [3.8, 4) is 17.6 Å². The molecule has 156 valence electrons. The summed E-state index contributed by atoms with van der Waals surface area (Å²) in [4.78, 5) is 11.0. The lowest BCUT2D eigenvalue weighted by molar-refractivity contribution is 0.0697. The summed E-state index contributed by atoms with van der Waals surface area (Å²) in [6, 6.07) is 19.9. The first-order valence-electron chi connectivity index (χ1n) is 9.11. The Kier molecular flexibility index (Phi) is 7.50. The highest BCUT2D eigenvalue weighted by atomic mass is 79.9. The molecule has 0 aliphatic rings. The van der Waals surface area contributed by atoms with E-state index >= 15 is 0 Å². The summed E-state index contributed by atoms with van der Waals surface area (Å²) >= 11 is 6.92. The second kappa shape index (κ2) is 10.3. The van der Waals surface area contributed by atoms with Crippen molar-refractivity contribution in [1.82, 2.24) is 0 Å². The van der Waals surface area contributed by atoms with E-state index in [1.807, 2.05) is 30.3 Å². The highest BCUT2D eigenvalue weighted by Gasteiger charge is 2.13. The number of hydrogen-bond acceptors (Lipinski definition) is 4. The van der Waals surface area contributed by atoms with Crippen LogP contribution in [0.1, 0.15) is 27.0 Å². The number of nitrogens with zero attached hydrogens (tertiary/aromatic N) is 1. The van der Waals surface area contributed by atoms with Gasteiger partial charge in [0.1, 0.15) is 6.61 Å². The van der Waals surface area contributed by atoms with Gasteiger partial charge in [-0.15, -0.1) is 0 Å². The minimum atomic E-state index is -0.972. The van der Waals surface area contributed by atoms with Gasteiger partial charge in [0, 0.05) is 4.47 Å². The number of carboxylic acids is 1. The molecular weight excluding hydrogens is 526 g/mol. The third kappa shape index (κ3) is 5.75. The first-order valence-corrected chi connectivity index (χ1v) is 10.7. The van der Waals surface area contributed by atoms with Crippen LogP contribution in [0.5, 0.6) is 11.5 Å². The molecule has 0 amide bonds. The fourth-order valence-corrected chi connectivity index (χ4v) is 3.68. The predicted molar refractivity (Wildman–Crippen MR) is 126 cm³/mol. The molecule has 5 nitrogen and oxygen atoms in total. The highest BCUT2D eigenvalue weighted by Crippen LogP contribution is 2.38. The van der Waals surface area contributed by atoms with E-state index in [1.165, 1.54) is 12.1 Å². The maximum absolute atomic E-state index is 11.0. The van der Waals surface area contributed by atoms with Gasteiger partial charge in [0.2, 0.25) is 0 Å². The van der Waals surface area contributed by atoms with E-state index in [-0.39, 0.29) is 12.2 Å². The van der Waals surface area contributed by atoms with Crippen LogP contribution >= 0.6 is 31.9 Å². The van der Waals surface area contributed by atoms with Crippen molar-refractivity contribution >= 4 is 49.5 Å². The molecule has 7 heteroatoms. The van der Waals surface area contributed by atoms with Crippen LogP contribution < -0.4 is 9.47 Å². The van der Waals surface area contributed by atoms with Crippen molar-refractivity contribution in [1.29, 1.82) is 5.26 Å². The van der Waals surface area contributed by atoms with Gasteiger partial charge in [-0.05, 0) is 75.1 Å². The molecule has 3 aromatic carbocycles. The van der Waals surface area contributed by atoms with E-state index in [9.17, 15) is 10.1 Å². The lowest BCUT2D eigenvalue weighted by Crippen LogP contribution is -2.01. The number of aromatic carboxylic acids is 1. The van der Waals surface area contributed by atoms with Gasteiger partial charge in [-0.25, -0.2) is 4.79 Å². The minimum Gasteiger partial charge on any atom is -0.493 e. The largest absolute Gasteiger partial charge is 0.493 e. The number of nitriles is 1. The Bertz CT molecular complexity index is 1160. The van der Waals surface area contributed by atoms with E-state index < -0.39 is 5.97 Å². The fourth-order valence-electron chi connectivity index (χ4n) is 2.84. The normalized spacial score (nSPS) is 11.0. The number of methoxy groups -OCH3 is 1. The van der Waals surface area contributed by atoms with Crippen molar-refractivity contribution in [3.63, 3.8) is 0 Å². The molecule has 3 rings (SSSR count). The topological polar surface area (TPSA) is 79.5 Å². The highest BCUT2D eigenvalue weighted by molar-refractivity contribution is 9.10. The van der Waals surface area contributed by atoms with Crippen molar-refractivity contribution in [3.05, 3.63) is 91.9 Å². The second-order valence-corrected chi connectivity index (χ2v) is 8.27. The predicted octanol–water partition coefficient (Wildman–Crippen LogP) is 6.56. The number of carbonyl (C=O) groups is 1. The fraction of sp³-hybridized carbons (Fsp3) is 0.0833. The average molecular weight is 543 g/mol. The standard InChI is InChI=1S/C24H17Br2NO4/c1-30-22-12-16(10-19(13-27)17-6-8-20(25)9-7-17)11-21(26)23(22)31-14-15-2-4-18(5-3-15)24(28)29/h2-12H,14H2,1H3,(H,28,29)/b19-10+. The molecule has 0 spiro atoms. The molecule has 0 aliphatic carbocycles. The number of ether oxygens (including phenoxy) is 2. The van der Waals surface area contributed by atoms with Crippen molar-refractivity contribution in [2.45, 2.75) is 6.61 Å². The summed E-state index contributed by atoms with van der Waals surface area (Å²) in [6.45, 7) is 0.242. The number of benzene rings is 3. The molecule has 0 saturated heterocycles. The summed E-state index contributed by atoms with van der Waals surface area (Å²) in [5.74, 6) is 0.0559. The van der Waals surface area contributed by atoms with Crippen molar-refractivity contribution < 1.29 is 19.4 Å². The summed E-state index contributed by atoms with van der Waals surface area (Å²) in [7, 11) is 1.55. The van der Waals surface area contributed by atoms with Crippen molar-refractivity contribution in [2.24, 2.45) is 0 Å². The molecule has 3 aromatic rings. The summed E-state index contributed by atoms with van der Waals surface area (Å²) in [5, 5.41) is 18.6. The summed E-state index contributed by atoms with van der Waals surface area (Å²) in [6.07, 6.45) is 1.78. The van der Waals surface area contributed by atoms with Crippen LogP contribution in [0.3, 0.4) is 0 Å².